The van der Waals surface area contributed by atoms with E-state index in [1.807, 2.05) is 30.1 Å². The predicted molar refractivity (Wildman–Crippen MR) is 89.5 cm³/mol. The van der Waals surface area contributed by atoms with Gasteiger partial charge >= 0.3 is 0 Å². The summed E-state index contributed by atoms with van der Waals surface area (Å²) in [5, 5.41) is 3.48. The minimum Gasteiger partial charge on any atom is -0.340 e. The molecular formula is C14H18BrIN2O. The third-order valence-electron chi connectivity index (χ3n) is 3.41. The van der Waals surface area contributed by atoms with Crippen molar-refractivity contribution in [1.82, 2.24) is 10.2 Å². The predicted octanol–water partition coefficient (Wildman–Crippen LogP) is 3.27. The van der Waals surface area contributed by atoms with Crippen molar-refractivity contribution >= 4 is 44.4 Å². The maximum absolute atomic E-state index is 12.5. The molecule has 1 fully saturated rings. The second kappa shape index (κ2) is 7.04. The van der Waals surface area contributed by atoms with E-state index in [1.54, 1.807) is 0 Å². The molecule has 1 aliphatic rings. The van der Waals surface area contributed by atoms with E-state index in [0.717, 1.165) is 33.1 Å². The van der Waals surface area contributed by atoms with Crippen LogP contribution >= 0.6 is 38.5 Å². The lowest BCUT2D eigenvalue weighted by Gasteiger charge is -2.28. The molecule has 104 valence electrons. The number of nitrogens with one attached hydrogen (secondary N) is 1. The molecule has 1 aromatic carbocycles. The van der Waals surface area contributed by atoms with Crippen LogP contribution in [-0.2, 0) is 0 Å². The van der Waals surface area contributed by atoms with Gasteiger partial charge in [0.2, 0.25) is 0 Å². The highest BCUT2D eigenvalue weighted by Gasteiger charge is 2.20. The zero-order chi connectivity index (χ0) is 13.8. The van der Waals surface area contributed by atoms with Crippen molar-refractivity contribution in [3.8, 4) is 0 Å². The van der Waals surface area contributed by atoms with Crippen LogP contribution in [0.5, 0.6) is 0 Å². The lowest BCUT2D eigenvalue weighted by atomic mass is 10.0. The summed E-state index contributed by atoms with van der Waals surface area (Å²) in [4.78, 5) is 14.3. The summed E-state index contributed by atoms with van der Waals surface area (Å²) in [5.74, 6) is 0.0813. The Bertz CT molecular complexity index is 461. The molecule has 1 atom stereocenters. The van der Waals surface area contributed by atoms with Crippen LogP contribution in [0.4, 0.5) is 0 Å². The van der Waals surface area contributed by atoms with Crippen molar-refractivity contribution in [1.29, 1.82) is 0 Å². The van der Waals surface area contributed by atoms with Crippen molar-refractivity contribution in [2.45, 2.75) is 25.3 Å². The number of rotatable bonds is 3. The van der Waals surface area contributed by atoms with Gasteiger partial charge in [-0.25, -0.2) is 0 Å². The number of carbonyl (C=O) groups excluding carboxylic acids is 1. The second-order valence-corrected chi connectivity index (χ2v) is 7.06. The van der Waals surface area contributed by atoms with Crippen LogP contribution in [-0.4, -0.2) is 37.0 Å². The number of nitrogens with zero attached hydrogens (tertiary/aromatic N) is 1. The topological polar surface area (TPSA) is 32.3 Å². The van der Waals surface area contributed by atoms with Crippen LogP contribution < -0.4 is 5.32 Å². The Morgan fingerprint density at radius 2 is 2.32 bits per heavy atom. The van der Waals surface area contributed by atoms with Crippen LogP contribution in [0.2, 0.25) is 0 Å². The van der Waals surface area contributed by atoms with Crippen molar-refractivity contribution < 1.29 is 4.79 Å². The SMILES string of the molecule is CN(CC1CCCCN1)C(=O)c1cc(I)ccc1Br. The summed E-state index contributed by atoms with van der Waals surface area (Å²) in [6.45, 7) is 1.84. The Balaban J connectivity index is 2.03. The summed E-state index contributed by atoms with van der Waals surface area (Å²) in [6.07, 6.45) is 3.66. The molecule has 0 aromatic heterocycles. The van der Waals surface area contributed by atoms with Crippen LogP contribution in [0.15, 0.2) is 22.7 Å². The Morgan fingerprint density at radius 1 is 1.53 bits per heavy atom. The molecule has 1 N–H and O–H groups in total. The zero-order valence-electron chi connectivity index (χ0n) is 11.0. The molecule has 0 bridgehead atoms. The molecular weight excluding hydrogens is 419 g/mol. The first-order chi connectivity index (χ1) is 9.08. The van der Waals surface area contributed by atoms with Crippen LogP contribution in [0, 0.1) is 3.57 Å². The highest BCUT2D eigenvalue weighted by Crippen LogP contribution is 2.21. The first-order valence-corrected chi connectivity index (χ1v) is 8.39. The largest absolute Gasteiger partial charge is 0.340 e. The molecule has 0 saturated carbocycles. The van der Waals surface area contributed by atoms with Gasteiger partial charge in [-0.05, 0) is 76.1 Å². The molecule has 19 heavy (non-hydrogen) atoms. The molecule has 1 aliphatic heterocycles. The van der Waals surface area contributed by atoms with Crippen molar-refractivity contribution in [3.05, 3.63) is 31.8 Å². The minimum atomic E-state index is 0.0813. The number of carbonyl (C=O) groups is 1. The summed E-state index contributed by atoms with van der Waals surface area (Å²) < 4.78 is 1.94. The monoisotopic (exact) mass is 436 g/mol. The molecule has 1 amide bonds. The molecule has 1 saturated heterocycles. The number of hydrogen-bond acceptors (Lipinski definition) is 2. The standard InChI is InChI=1S/C14H18BrIN2O/c1-18(9-11-4-2-3-7-17-11)14(19)12-8-10(16)5-6-13(12)15/h5-6,8,11,17H,2-4,7,9H2,1H3. The Labute approximate surface area is 136 Å². The number of amides is 1. The summed E-state index contributed by atoms with van der Waals surface area (Å²) in [7, 11) is 1.88. The molecule has 2 rings (SSSR count). The summed E-state index contributed by atoms with van der Waals surface area (Å²) in [5.41, 5.74) is 0.741. The van der Waals surface area contributed by atoms with E-state index < -0.39 is 0 Å². The van der Waals surface area contributed by atoms with Gasteiger partial charge in [0.25, 0.3) is 5.91 Å². The van der Waals surface area contributed by atoms with Gasteiger partial charge in [-0.2, -0.15) is 0 Å². The van der Waals surface area contributed by atoms with Gasteiger partial charge in [-0.3, -0.25) is 4.79 Å². The Kier molecular flexibility index (Phi) is 5.65. The number of hydrogen-bond donors (Lipinski definition) is 1. The van der Waals surface area contributed by atoms with Crippen molar-refractivity contribution in [2.24, 2.45) is 0 Å². The van der Waals surface area contributed by atoms with Crippen molar-refractivity contribution in [2.75, 3.05) is 20.1 Å². The fourth-order valence-electron chi connectivity index (χ4n) is 2.36. The fraction of sp³-hybridized carbons (Fsp3) is 0.500. The van der Waals surface area contributed by atoms with E-state index in [1.165, 1.54) is 12.8 Å². The third-order valence-corrected chi connectivity index (χ3v) is 4.77. The molecule has 1 unspecified atom stereocenters. The molecule has 5 heteroatoms. The van der Waals surface area contributed by atoms with Gasteiger partial charge in [-0.15, -0.1) is 0 Å². The third kappa shape index (κ3) is 4.16. The lowest BCUT2D eigenvalue weighted by molar-refractivity contribution is 0.0774. The molecule has 0 radical (unpaired) electrons. The number of piperidine rings is 1. The fourth-order valence-corrected chi connectivity index (χ4v) is 3.27. The van der Waals surface area contributed by atoms with E-state index in [-0.39, 0.29) is 5.91 Å². The lowest BCUT2D eigenvalue weighted by Crippen LogP contribution is -2.44. The first-order valence-electron chi connectivity index (χ1n) is 6.52. The molecule has 1 aromatic rings. The summed E-state index contributed by atoms with van der Waals surface area (Å²) >= 11 is 5.69. The van der Waals surface area contributed by atoms with E-state index in [9.17, 15) is 4.79 Å². The molecule has 1 heterocycles. The van der Waals surface area contributed by atoms with Gasteiger partial charge in [-0.1, -0.05) is 6.42 Å². The van der Waals surface area contributed by atoms with E-state index >= 15 is 0 Å². The average molecular weight is 437 g/mol. The summed E-state index contributed by atoms with van der Waals surface area (Å²) in [6, 6.07) is 6.29. The van der Waals surface area contributed by atoms with Gasteiger partial charge in [0.1, 0.15) is 0 Å². The van der Waals surface area contributed by atoms with Gasteiger partial charge < -0.3 is 10.2 Å². The average Bonchev–Trinajstić information content (AvgIpc) is 2.42. The van der Waals surface area contributed by atoms with Crippen molar-refractivity contribution in [3.63, 3.8) is 0 Å². The van der Waals surface area contributed by atoms with Crippen LogP contribution in [0.3, 0.4) is 0 Å². The quantitative estimate of drug-likeness (QED) is 0.737. The van der Waals surface area contributed by atoms with E-state index in [2.05, 4.69) is 43.8 Å². The Hall–Kier alpha value is -0.140. The molecule has 0 spiro atoms. The zero-order valence-corrected chi connectivity index (χ0v) is 14.7. The maximum Gasteiger partial charge on any atom is 0.254 e. The van der Waals surface area contributed by atoms with Crippen LogP contribution in [0.25, 0.3) is 0 Å². The highest BCUT2D eigenvalue weighted by atomic mass is 127. The Morgan fingerprint density at radius 3 is 3.00 bits per heavy atom. The highest BCUT2D eigenvalue weighted by molar-refractivity contribution is 14.1. The van der Waals surface area contributed by atoms with Gasteiger partial charge in [0, 0.05) is 27.7 Å². The van der Waals surface area contributed by atoms with Gasteiger partial charge in [0.15, 0.2) is 0 Å². The second-order valence-electron chi connectivity index (χ2n) is 4.96. The van der Waals surface area contributed by atoms with Gasteiger partial charge in [0.05, 0.1) is 5.56 Å². The minimum absolute atomic E-state index is 0.0813. The first kappa shape index (κ1) is 15.3. The van der Waals surface area contributed by atoms with E-state index in [0.29, 0.717) is 6.04 Å². The smallest absolute Gasteiger partial charge is 0.254 e. The number of likely N-dealkylation sites (N-methyl/N-ethyl adjacent to an activating group) is 1. The maximum atomic E-state index is 12.5. The number of benzene rings is 1. The molecule has 3 nitrogen and oxygen atoms in total. The van der Waals surface area contributed by atoms with E-state index in [4.69, 9.17) is 0 Å². The number of halogens is 2. The normalized spacial score (nSPS) is 19.2. The molecule has 0 aliphatic carbocycles. The van der Waals surface area contributed by atoms with Crippen LogP contribution in [0.1, 0.15) is 29.6 Å².